The van der Waals surface area contributed by atoms with Crippen molar-refractivity contribution in [1.82, 2.24) is 9.38 Å². The monoisotopic (exact) mass is 339 g/mol. The van der Waals surface area contributed by atoms with Crippen LogP contribution in [0.3, 0.4) is 0 Å². The Morgan fingerprint density at radius 1 is 1.32 bits per heavy atom. The summed E-state index contributed by atoms with van der Waals surface area (Å²) in [6.45, 7) is 1.19. The molecule has 2 atom stereocenters. The minimum Gasteiger partial charge on any atom is -0.352 e. The molecule has 3 nitrogen and oxygen atoms in total. The second-order valence-corrected chi connectivity index (χ2v) is 7.10. The summed E-state index contributed by atoms with van der Waals surface area (Å²) in [6, 6.07) is 0.746. The van der Waals surface area contributed by atoms with Crippen LogP contribution >= 0.6 is 27.3 Å². The maximum atomic E-state index is 4.90. The molecule has 5 heteroatoms. The van der Waals surface area contributed by atoms with Crippen molar-refractivity contribution in [2.75, 3.05) is 11.4 Å². The van der Waals surface area contributed by atoms with E-state index in [9.17, 15) is 0 Å². The fourth-order valence-corrected chi connectivity index (χ4v) is 5.14. The lowest BCUT2D eigenvalue weighted by atomic mass is 9.92. The Kier molecular flexibility index (Phi) is 3.07. The molecule has 2 aromatic heterocycles. The van der Waals surface area contributed by atoms with E-state index in [4.69, 9.17) is 4.98 Å². The third-order valence-corrected chi connectivity index (χ3v) is 6.02. The lowest BCUT2D eigenvalue weighted by Gasteiger charge is -2.38. The van der Waals surface area contributed by atoms with Crippen molar-refractivity contribution in [3.8, 4) is 0 Å². The maximum absolute atomic E-state index is 4.90. The first-order chi connectivity index (χ1) is 9.38. The molecule has 1 saturated carbocycles. The minimum atomic E-state index is 0.746. The van der Waals surface area contributed by atoms with E-state index in [2.05, 4.69) is 36.8 Å². The quantitative estimate of drug-likeness (QED) is 0.769. The average molecular weight is 340 g/mol. The molecule has 2 aromatic rings. The summed E-state index contributed by atoms with van der Waals surface area (Å²) in [5.74, 6) is 2.15. The van der Waals surface area contributed by atoms with Crippen LogP contribution in [0.2, 0.25) is 0 Å². The van der Waals surface area contributed by atoms with Crippen LogP contribution in [0.15, 0.2) is 11.6 Å². The molecule has 2 aliphatic rings. The standard InChI is InChI=1S/C14H18BrN3S/c15-9-12-13(16-14-18(12)7-8-19-14)17-6-2-4-10-3-1-5-11(10)17/h7-8,10-11H,1-6,9H2. The van der Waals surface area contributed by atoms with E-state index in [-0.39, 0.29) is 0 Å². The molecule has 1 saturated heterocycles. The van der Waals surface area contributed by atoms with E-state index < -0.39 is 0 Å². The molecule has 0 spiro atoms. The van der Waals surface area contributed by atoms with Crippen LogP contribution in [0.1, 0.15) is 37.8 Å². The SMILES string of the molecule is BrCc1c(N2CCCC3CCCC32)nc2sccn12. The van der Waals surface area contributed by atoms with Gasteiger partial charge in [0.1, 0.15) is 0 Å². The average Bonchev–Trinajstić information content (AvgIpc) is 3.12. The number of piperidine rings is 1. The molecule has 0 bridgehead atoms. The highest BCUT2D eigenvalue weighted by Crippen LogP contribution is 2.40. The third kappa shape index (κ3) is 1.85. The highest BCUT2D eigenvalue weighted by molar-refractivity contribution is 9.08. The fraction of sp³-hybridized carbons (Fsp3) is 0.643. The highest BCUT2D eigenvalue weighted by Gasteiger charge is 2.37. The zero-order valence-corrected chi connectivity index (χ0v) is 13.3. The summed E-state index contributed by atoms with van der Waals surface area (Å²) in [5, 5.41) is 3.00. The van der Waals surface area contributed by atoms with Crippen LogP contribution in [-0.4, -0.2) is 22.0 Å². The van der Waals surface area contributed by atoms with E-state index in [1.165, 1.54) is 50.2 Å². The number of fused-ring (bicyclic) bond motifs is 2. The Morgan fingerprint density at radius 3 is 3.11 bits per heavy atom. The second kappa shape index (κ2) is 4.77. The van der Waals surface area contributed by atoms with Crippen LogP contribution in [0.5, 0.6) is 0 Å². The summed E-state index contributed by atoms with van der Waals surface area (Å²) < 4.78 is 2.24. The normalized spacial score (nSPS) is 27.1. The van der Waals surface area contributed by atoms with Gasteiger partial charge in [0.2, 0.25) is 0 Å². The number of hydrogen-bond acceptors (Lipinski definition) is 3. The Hall–Kier alpha value is -0.550. The molecule has 2 fully saturated rings. The van der Waals surface area contributed by atoms with Gasteiger partial charge in [0.05, 0.1) is 5.69 Å². The van der Waals surface area contributed by atoms with Crippen molar-refractivity contribution in [3.63, 3.8) is 0 Å². The number of alkyl halides is 1. The Bertz CT molecular complexity index is 591. The van der Waals surface area contributed by atoms with Gasteiger partial charge in [-0.2, -0.15) is 0 Å². The third-order valence-electron chi connectivity index (χ3n) is 4.73. The van der Waals surface area contributed by atoms with Crippen LogP contribution < -0.4 is 4.90 Å². The number of hydrogen-bond donors (Lipinski definition) is 0. The van der Waals surface area contributed by atoms with Crippen molar-refractivity contribution in [3.05, 3.63) is 17.3 Å². The summed E-state index contributed by atoms with van der Waals surface area (Å²) in [4.78, 5) is 8.64. The molecule has 0 amide bonds. The smallest absolute Gasteiger partial charge is 0.195 e. The number of anilines is 1. The summed E-state index contributed by atoms with van der Waals surface area (Å²) in [7, 11) is 0. The highest BCUT2D eigenvalue weighted by atomic mass is 79.9. The number of nitrogens with zero attached hydrogens (tertiary/aromatic N) is 3. The molecular formula is C14H18BrN3S. The lowest BCUT2D eigenvalue weighted by molar-refractivity contribution is 0.360. The lowest BCUT2D eigenvalue weighted by Crippen LogP contribution is -2.43. The molecule has 0 radical (unpaired) electrons. The second-order valence-electron chi connectivity index (χ2n) is 5.67. The van der Waals surface area contributed by atoms with E-state index in [1.807, 2.05) is 0 Å². The number of thiazole rings is 1. The number of rotatable bonds is 2. The summed E-state index contributed by atoms with van der Waals surface area (Å²) in [5.41, 5.74) is 1.32. The van der Waals surface area contributed by atoms with Crippen molar-refractivity contribution >= 4 is 38.0 Å². The largest absolute Gasteiger partial charge is 0.352 e. The van der Waals surface area contributed by atoms with E-state index in [1.54, 1.807) is 11.3 Å². The zero-order valence-electron chi connectivity index (χ0n) is 10.9. The van der Waals surface area contributed by atoms with Gasteiger partial charge in [-0.1, -0.05) is 22.4 Å². The Morgan fingerprint density at radius 2 is 2.21 bits per heavy atom. The van der Waals surface area contributed by atoms with Crippen LogP contribution in [0.25, 0.3) is 4.96 Å². The van der Waals surface area contributed by atoms with Crippen molar-refractivity contribution in [1.29, 1.82) is 0 Å². The Labute approximate surface area is 125 Å². The predicted molar refractivity (Wildman–Crippen MR) is 83.4 cm³/mol. The van der Waals surface area contributed by atoms with Crippen molar-refractivity contribution < 1.29 is 0 Å². The molecule has 4 rings (SSSR count). The molecular weight excluding hydrogens is 322 g/mol. The molecule has 19 heavy (non-hydrogen) atoms. The van der Waals surface area contributed by atoms with Gasteiger partial charge in [0.25, 0.3) is 0 Å². The fourth-order valence-electron chi connectivity index (χ4n) is 3.89. The first kappa shape index (κ1) is 12.2. The maximum Gasteiger partial charge on any atom is 0.195 e. The van der Waals surface area contributed by atoms with E-state index in [0.29, 0.717) is 0 Å². The van der Waals surface area contributed by atoms with Gasteiger partial charge in [-0.3, -0.25) is 4.40 Å². The molecule has 1 aliphatic carbocycles. The summed E-state index contributed by atoms with van der Waals surface area (Å²) in [6.07, 6.45) is 9.08. The molecule has 2 unspecified atom stereocenters. The van der Waals surface area contributed by atoms with Crippen molar-refractivity contribution in [2.24, 2.45) is 5.92 Å². The van der Waals surface area contributed by atoms with Gasteiger partial charge in [-0.25, -0.2) is 4.98 Å². The molecule has 0 aromatic carbocycles. The first-order valence-electron chi connectivity index (χ1n) is 7.15. The van der Waals surface area contributed by atoms with Crippen molar-refractivity contribution in [2.45, 2.75) is 43.5 Å². The van der Waals surface area contributed by atoms with Gasteiger partial charge >= 0.3 is 0 Å². The summed E-state index contributed by atoms with van der Waals surface area (Å²) >= 11 is 5.38. The molecule has 1 aliphatic heterocycles. The van der Waals surface area contributed by atoms with Gasteiger partial charge in [-0.05, 0) is 31.6 Å². The van der Waals surface area contributed by atoms with Crippen LogP contribution in [0, 0.1) is 5.92 Å². The van der Waals surface area contributed by atoms with Gasteiger partial charge in [0.15, 0.2) is 10.8 Å². The van der Waals surface area contributed by atoms with Crippen LogP contribution in [-0.2, 0) is 5.33 Å². The minimum absolute atomic E-state index is 0.746. The zero-order chi connectivity index (χ0) is 12.8. The van der Waals surface area contributed by atoms with Crippen LogP contribution in [0.4, 0.5) is 5.82 Å². The number of imidazole rings is 1. The van der Waals surface area contributed by atoms with Gasteiger partial charge < -0.3 is 4.90 Å². The molecule has 0 N–H and O–H groups in total. The van der Waals surface area contributed by atoms with E-state index in [0.717, 1.165) is 22.3 Å². The number of aromatic nitrogens is 2. The molecule has 102 valence electrons. The number of halogens is 1. The Balaban J connectivity index is 1.78. The first-order valence-corrected chi connectivity index (χ1v) is 9.15. The van der Waals surface area contributed by atoms with E-state index >= 15 is 0 Å². The van der Waals surface area contributed by atoms with Gasteiger partial charge in [-0.15, -0.1) is 11.3 Å². The predicted octanol–water partition coefficient (Wildman–Crippen LogP) is 4.06. The van der Waals surface area contributed by atoms with Gasteiger partial charge in [0, 0.05) is 29.5 Å². The topological polar surface area (TPSA) is 20.5 Å². The molecule has 3 heterocycles.